The predicted molar refractivity (Wildman–Crippen MR) is 107 cm³/mol. The third kappa shape index (κ3) is 3.56. The Morgan fingerprint density at radius 3 is 2.81 bits per heavy atom. The summed E-state index contributed by atoms with van der Waals surface area (Å²) in [7, 11) is 0. The van der Waals surface area contributed by atoms with Crippen LogP contribution in [0.3, 0.4) is 0 Å². The number of rotatable bonds is 5. The van der Waals surface area contributed by atoms with Gasteiger partial charge in [-0.1, -0.05) is 6.07 Å². The van der Waals surface area contributed by atoms with E-state index in [9.17, 15) is 4.79 Å². The van der Waals surface area contributed by atoms with Gasteiger partial charge in [-0.15, -0.1) is 0 Å². The van der Waals surface area contributed by atoms with E-state index < -0.39 is 32.3 Å². The summed E-state index contributed by atoms with van der Waals surface area (Å²) >= 11 is 0. The van der Waals surface area contributed by atoms with Crippen molar-refractivity contribution in [2.75, 3.05) is 18.0 Å². The second-order valence-corrected chi connectivity index (χ2v) is 7.34. The zero-order chi connectivity index (χ0) is 23.9. The van der Waals surface area contributed by atoms with E-state index in [4.69, 9.17) is 9.60 Å². The van der Waals surface area contributed by atoms with Crippen molar-refractivity contribution < 1.29 is 9.60 Å². The molecule has 0 amide bonds. The van der Waals surface area contributed by atoms with Crippen LogP contribution in [0.15, 0.2) is 41.3 Å². The summed E-state index contributed by atoms with van der Waals surface area (Å²) in [5.74, 6) is 0.774. The zero-order valence-corrected chi connectivity index (χ0v) is 14.8. The van der Waals surface area contributed by atoms with E-state index in [1.165, 1.54) is 35.6 Å². The largest absolute Gasteiger partial charge is 0.338 e. The molecule has 0 bridgehead atoms. The minimum atomic E-state index is -2.70. The van der Waals surface area contributed by atoms with Crippen LogP contribution in [-0.4, -0.2) is 28.6 Å². The van der Waals surface area contributed by atoms with Crippen molar-refractivity contribution in [3.8, 4) is 0 Å². The number of hydrogen-bond donors (Lipinski definition) is 0. The minimum absolute atomic E-state index is 0.260. The van der Waals surface area contributed by atoms with Gasteiger partial charge < -0.3 is 9.47 Å². The first-order valence-electron chi connectivity index (χ1n) is 12.9. The lowest BCUT2D eigenvalue weighted by Gasteiger charge is -2.33. The number of aromatic nitrogens is 1. The summed E-state index contributed by atoms with van der Waals surface area (Å²) in [6.45, 7) is -2.93. The van der Waals surface area contributed by atoms with Crippen LogP contribution in [-0.2, 0) is 19.9 Å². The molecule has 4 nitrogen and oxygen atoms in total. The molecule has 1 aromatic heterocycles. The van der Waals surface area contributed by atoms with Gasteiger partial charge in [-0.2, -0.15) is 0 Å². The zero-order valence-electron chi connectivity index (χ0n) is 21.8. The lowest BCUT2D eigenvalue weighted by molar-refractivity contribution is 0.244. The average molecular weight is 359 g/mol. The second kappa shape index (κ2) is 6.92. The maximum atomic E-state index is 12.2. The molecule has 1 aliphatic heterocycles. The first-order chi connectivity index (χ1) is 15.5. The molecule has 4 rings (SSSR count). The van der Waals surface area contributed by atoms with Crippen molar-refractivity contribution in [2.24, 2.45) is 12.9 Å². The van der Waals surface area contributed by atoms with Crippen LogP contribution >= 0.6 is 0 Å². The smallest absolute Gasteiger partial charge is 0.250 e. The molecule has 0 N–H and O–H groups in total. The van der Waals surface area contributed by atoms with Gasteiger partial charge in [0.15, 0.2) is 0 Å². The van der Waals surface area contributed by atoms with Crippen molar-refractivity contribution in [1.82, 2.24) is 9.47 Å². The topological polar surface area (TPSA) is 28.5 Å². The van der Waals surface area contributed by atoms with Crippen LogP contribution in [0, 0.1) is 5.92 Å². The Balaban J connectivity index is 1.77. The Hall–Kier alpha value is -2.07. The molecule has 1 aromatic carbocycles. The Bertz CT molecular complexity index is 1040. The standard InChI is InChI=1S/C22H29N3O/c1-16(2)25(21-8-9-22(26)23(3)15-21)20-7-6-18-10-11-24(13-17-4-5-17)14-19(18)12-20/h6-9,12,15-17H,4-5,10-11,13-14H2,1-3H3/i1D2,2D2,3D3. The molecular formula is C22H29N3O. The van der Waals surface area contributed by atoms with Crippen LogP contribution in [0.1, 0.15) is 47.3 Å². The highest BCUT2D eigenvalue weighted by atomic mass is 16.1. The van der Waals surface area contributed by atoms with Gasteiger partial charge in [-0.3, -0.25) is 9.69 Å². The molecule has 2 aliphatic rings. The summed E-state index contributed by atoms with van der Waals surface area (Å²) in [5.41, 5.74) is 2.48. The molecule has 0 atom stereocenters. The highest BCUT2D eigenvalue weighted by Gasteiger charge is 2.26. The Labute approximate surface area is 165 Å². The van der Waals surface area contributed by atoms with E-state index in [2.05, 4.69) is 4.90 Å². The van der Waals surface area contributed by atoms with Gasteiger partial charge in [0, 0.05) is 60.2 Å². The fourth-order valence-corrected chi connectivity index (χ4v) is 3.68. The van der Waals surface area contributed by atoms with Gasteiger partial charge in [-0.05, 0) is 68.3 Å². The summed E-state index contributed by atoms with van der Waals surface area (Å²) in [5, 5.41) is 0. The Morgan fingerprint density at radius 1 is 1.19 bits per heavy atom. The molecule has 0 unspecified atom stereocenters. The van der Waals surface area contributed by atoms with Crippen LogP contribution in [0.25, 0.3) is 0 Å². The minimum Gasteiger partial charge on any atom is -0.338 e. The summed E-state index contributed by atoms with van der Waals surface area (Å²) in [6.07, 6.45) is 4.66. The van der Waals surface area contributed by atoms with Crippen LogP contribution in [0.2, 0.25) is 0 Å². The highest BCUT2D eigenvalue weighted by molar-refractivity contribution is 5.64. The van der Waals surface area contributed by atoms with E-state index in [-0.39, 0.29) is 5.69 Å². The van der Waals surface area contributed by atoms with E-state index in [0.717, 1.165) is 43.6 Å². The van der Waals surface area contributed by atoms with Crippen molar-refractivity contribution in [1.29, 1.82) is 0 Å². The molecule has 0 saturated heterocycles. The van der Waals surface area contributed by atoms with Crippen molar-refractivity contribution in [3.05, 3.63) is 58.0 Å². The van der Waals surface area contributed by atoms with Gasteiger partial charge in [0.25, 0.3) is 0 Å². The molecular weight excluding hydrogens is 322 g/mol. The third-order valence-corrected chi connectivity index (χ3v) is 5.24. The van der Waals surface area contributed by atoms with Gasteiger partial charge in [0.1, 0.15) is 0 Å². The summed E-state index contributed by atoms with van der Waals surface area (Å²) in [6, 6.07) is 7.16. The van der Waals surface area contributed by atoms with E-state index in [1.54, 1.807) is 0 Å². The fraction of sp³-hybridized carbons (Fsp3) is 0.500. The number of hydrogen-bond acceptors (Lipinski definition) is 3. The van der Waals surface area contributed by atoms with E-state index in [0.29, 0.717) is 10.3 Å². The molecule has 138 valence electrons. The number of pyridine rings is 1. The van der Waals surface area contributed by atoms with Crippen LogP contribution in [0.5, 0.6) is 0 Å². The molecule has 2 aromatic rings. The van der Waals surface area contributed by atoms with E-state index >= 15 is 0 Å². The first-order valence-corrected chi connectivity index (χ1v) is 9.10. The molecule has 0 radical (unpaired) electrons. The Morgan fingerprint density at radius 2 is 2.04 bits per heavy atom. The number of fused-ring (bicyclic) bond motifs is 1. The monoisotopic (exact) mass is 358 g/mol. The number of benzene rings is 1. The molecule has 1 fully saturated rings. The first kappa shape index (κ1) is 10.9. The van der Waals surface area contributed by atoms with Gasteiger partial charge in [0.05, 0.1) is 5.69 Å². The summed E-state index contributed by atoms with van der Waals surface area (Å²) < 4.78 is 55.7. The van der Waals surface area contributed by atoms with Crippen molar-refractivity contribution >= 4 is 11.4 Å². The normalized spacial score (nSPS) is 22.0. The SMILES string of the molecule is [2H]C([2H])C(C([2H])[2H])N(c1ccc2c(c1)CN(CC1CC1)CC2)c1ccc(=O)n(C([2H])([2H])[2H])c1. The van der Waals surface area contributed by atoms with Gasteiger partial charge >= 0.3 is 0 Å². The van der Waals surface area contributed by atoms with Crippen LogP contribution < -0.4 is 10.5 Å². The number of nitrogens with zero attached hydrogens (tertiary/aromatic N) is 3. The number of anilines is 2. The Kier molecular flexibility index (Phi) is 2.91. The lowest BCUT2D eigenvalue weighted by atomic mass is 9.98. The predicted octanol–water partition coefficient (Wildman–Crippen LogP) is 3.70. The van der Waals surface area contributed by atoms with E-state index in [1.807, 2.05) is 18.2 Å². The number of aryl methyl sites for hydroxylation is 1. The third-order valence-electron chi connectivity index (χ3n) is 5.24. The summed E-state index contributed by atoms with van der Waals surface area (Å²) in [4.78, 5) is 16.1. The average Bonchev–Trinajstić information content (AvgIpc) is 3.54. The second-order valence-electron chi connectivity index (χ2n) is 7.34. The molecule has 4 heteroatoms. The molecule has 1 aliphatic carbocycles. The fourth-order valence-electron chi connectivity index (χ4n) is 3.68. The quantitative estimate of drug-likeness (QED) is 0.816. The molecule has 1 saturated carbocycles. The molecule has 2 heterocycles. The maximum Gasteiger partial charge on any atom is 0.250 e. The van der Waals surface area contributed by atoms with Gasteiger partial charge in [0.2, 0.25) is 5.56 Å². The van der Waals surface area contributed by atoms with Crippen molar-refractivity contribution in [2.45, 2.75) is 45.6 Å². The maximum absolute atomic E-state index is 12.2. The van der Waals surface area contributed by atoms with Gasteiger partial charge in [-0.25, -0.2) is 0 Å². The van der Waals surface area contributed by atoms with Crippen molar-refractivity contribution in [3.63, 3.8) is 0 Å². The molecule has 0 spiro atoms. The van der Waals surface area contributed by atoms with Crippen LogP contribution in [0.4, 0.5) is 11.4 Å². The highest BCUT2D eigenvalue weighted by Crippen LogP contribution is 2.34. The molecule has 26 heavy (non-hydrogen) atoms. The lowest BCUT2D eigenvalue weighted by Crippen LogP contribution is -2.33.